The van der Waals surface area contributed by atoms with Gasteiger partial charge in [-0.15, -0.1) is 0 Å². The summed E-state index contributed by atoms with van der Waals surface area (Å²) in [5.41, 5.74) is 0.0831. The highest BCUT2D eigenvalue weighted by Crippen LogP contribution is 2.40. The fourth-order valence-electron chi connectivity index (χ4n) is 5.92. The van der Waals surface area contributed by atoms with Gasteiger partial charge >= 0.3 is 6.18 Å². The lowest BCUT2D eigenvalue weighted by molar-refractivity contribution is -0.139. The number of amides is 1. The second-order valence-corrected chi connectivity index (χ2v) is 11.0. The third-order valence-electron chi connectivity index (χ3n) is 8.03. The number of halogens is 4. The number of rotatable bonds is 4. The lowest BCUT2D eigenvalue weighted by atomic mass is 9.86. The maximum absolute atomic E-state index is 14.5. The summed E-state index contributed by atoms with van der Waals surface area (Å²) in [6, 6.07) is 12.1. The SMILES string of the molecule is O=C(CN1CCOCC1)N1CCC(c2ccc(-n3c(=O)ccc4cnc5ccc(Cl)cc5c43)cc2C(F)(F)F)CC1. The highest BCUT2D eigenvalue weighted by molar-refractivity contribution is 6.31. The Morgan fingerprint density at radius 1 is 1.00 bits per heavy atom. The number of ether oxygens (including phenoxy) is 1. The van der Waals surface area contributed by atoms with Crippen molar-refractivity contribution in [3.63, 3.8) is 0 Å². The van der Waals surface area contributed by atoms with Crippen molar-refractivity contribution < 1.29 is 22.7 Å². The van der Waals surface area contributed by atoms with E-state index in [1.54, 1.807) is 41.4 Å². The lowest BCUT2D eigenvalue weighted by Crippen LogP contribution is -2.46. The highest BCUT2D eigenvalue weighted by atomic mass is 35.5. The number of pyridine rings is 2. The Morgan fingerprint density at radius 3 is 2.49 bits per heavy atom. The third kappa shape index (κ3) is 5.56. The quantitative estimate of drug-likeness (QED) is 0.307. The molecule has 214 valence electrons. The van der Waals surface area contributed by atoms with Crippen LogP contribution in [-0.2, 0) is 15.7 Å². The molecule has 2 aromatic heterocycles. The number of piperidine rings is 1. The first-order valence-electron chi connectivity index (χ1n) is 13.6. The monoisotopic (exact) mass is 584 g/mol. The van der Waals surface area contributed by atoms with Crippen molar-refractivity contribution in [1.82, 2.24) is 19.4 Å². The van der Waals surface area contributed by atoms with Crippen molar-refractivity contribution in [3.05, 3.63) is 81.2 Å². The summed E-state index contributed by atoms with van der Waals surface area (Å²) in [5, 5.41) is 1.60. The van der Waals surface area contributed by atoms with Gasteiger partial charge in [-0.25, -0.2) is 0 Å². The second kappa shape index (κ2) is 11.1. The summed E-state index contributed by atoms with van der Waals surface area (Å²) in [4.78, 5) is 34.1. The molecule has 0 spiro atoms. The minimum Gasteiger partial charge on any atom is -0.379 e. The lowest BCUT2D eigenvalue weighted by Gasteiger charge is -2.35. The number of likely N-dealkylation sites (tertiary alicyclic amines) is 1. The smallest absolute Gasteiger partial charge is 0.379 e. The molecule has 4 aromatic rings. The number of alkyl halides is 3. The Labute approximate surface area is 239 Å². The summed E-state index contributed by atoms with van der Waals surface area (Å²) in [6.45, 7) is 3.68. The third-order valence-corrected chi connectivity index (χ3v) is 8.26. The molecule has 0 atom stereocenters. The molecule has 4 heterocycles. The van der Waals surface area contributed by atoms with Crippen LogP contribution in [0.2, 0.25) is 5.02 Å². The van der Waals surface area contributed by atoms with E-state index in [9.17, 15) is 22.8 Å². The molecule has 2 aromatic carbocycles. The molecule has 2 fully saturated rings. The molecular weight excluding hydrogens is 557 g/mol. The molecule has 6 rings (SSSR count). The number of carbonyl (C=O) groups excluding carboxylic acids is 1. The Balaban J connectivity index is 1.33. The Hall–Kier alpha value is -3.47. The number of benzene rings is 2. The van der Waals surface area contributed by atoms with E-state index in [0.717, 1.165) is 6.07 Å². The predicted octanol–water partition coefficient (Wildman–Crippen LogP) is 5.25. The molecule has 2 saturated heterocycles. The van der Waals surface area contributed by atoms with Gasteiger partial charge < -0.3 is 9.64 Å². The van der Waals surface area contributed by atoms with Crippen molar-refractivity contribution in [3.8, 4) is 5.69 Å². The predicted molar refractivity (Wildman–Crippen MR) is 151 cm³/mol. The van der Waals surface area contributed by atoms with Gasteiger partial charge in [0.15, 0.2) is 0 Å². The van der Waals surface area contributed by atoms with E-state index in [1.165, 1.54) is 16.7 Å². The topological polar surface area (TPSA) is 67.7 Å². The molecule has 0 N–H and O–H groups in total. The van der Waals surface area contributed by atoms with E-state index in [2.05, 4.69) is 4.98 Å². The van der Waals surface area contributed by atoms with E-state index in [0.29, 0.717) is 85.6 Å². The maximum Gasteiger partial charge on any atom is 0.416 e. The summed E-state index contributed by atoms with van der Waals surface area (Å²) in [5.74, 6) is -0.366. The number of fused-ring (bicyclic) bond motifs is 3. The highest BCUT2D eigenvalue weighted by Gasteiger charge is 2.37. The molecule has 0 unspecified atom stereocenters. The van der Waals surface area contributed by atoms with Gasteiger partial charge in [-0.2, -0.15) is 13.2 Å². The molecule has 41 heavy (non-hydrogen) atoms. The minimum atomic E-state index is -4.63. The number of hydrogen-bond acceptors (Lipinski definition) is 5. The average molecular weight is 585 g/mol. The molecule has 7 nitrogen and oxygen atoms in total. The van der Waals surface area contributed by atoms with Gasteiger partial charge in [-0.1, -0.05) is 17.7 Å². The van der Waals surface area contributed by atoms with E-state index < -0.39 is 17.3 Å². The molecule has 2 aliphatic rings. The van der Waals surface area contributed by atoms with Gasteiger partial charge in [0.05, 0.1) is 36.4 Å². The van der Waals surface area contributed by atoms with E-state index in [1.807, 2.05) is 4.90 Å². The molecule has 0 saturated carbocycles. The second-order valence-electron chi connectivity index (χ2n) is 10.5. The van der Waals surface area contributed by atoms with Gasteiger partial charge in [0.2, 0.25) is 5.91 Å². The van der Waals surface area contributed by atoms with Gasteiger partial charge in [-0.05, 0) is 60.7 Å². The number of nitrogens with zero attached hydrogens (tertiary/aromatic N) is 4. The first-order valence-corrected chi connectivity index (χ1v) is 14.0. The molecular formula is C30H28ClF3N4O3. The number of morpholine rings is 1. The normalized spacial score (nSPS) is 17.4. The minimum absolute atomic E-state index is 0.00565. The van der Waals surface area contributed by atoms with E-state index >= 15 is 0 Å². The zero-order valence-electron chi connectivity index (χ0n) is 22.2. The van der Waals surface area contributed by atoms with Crippen LogP contribution in [0, 0.1) is 0 Å². The maximum atomic E-state index is 14.5. The fraction of sp³-hybridized carbons (Fsp3) is 0.367. The molecule has 0 bridgehead atoms. The average Bonchev–Trinajstić information content (AvgIpc) is 2.97. The van der Waals surface area contributed by atoms with Crippen molar-refractivity contribution in [2.45, 2.75) is 24.9 Å². The summed E-state index contributed by atoms with van der Waals surface area (Å²) < 4.78 is 50.1. The first-order chi connectivity index (χ1) is 19.7. The van der Waals surface area contributed by atoms with E-state index in [4.69, 9.17) is 16.3 Å². The Morgan fingerprint density at radius 2 is 1.76 bits per heavy atom. The van der Waals surface area contributed by atoms with Crippen molar-refractivity contribution >= 4 is 39.3 Å². The molecule has 0 aliphatic carbocycles. The number of carbonyl (C=O) groups is 1. The van der Waals surface area contributed by atoms with Crippen LogP contribution in [0.3, 0.4) is 0 Å². The van der Waals surface area contributed by atoms with Crippen LogP contribution in [0.25, 0.3) is 27.5 Å². The van der Waals surface area contributed by atoms with Crippen LogP contribution < -0.4 is 5.56 Å². The van der Waals surface area contributed by atoms with Gasteiger partial charge in [-0.3, -0.25) is 24.0 Å². The van der Waals surface area contributed by atoms with Crippen LogP contribution in [0.15, 0.2) is 59.5 Å². The summed E-state index contributed by atoms with van der Waals surface area (Å²) in [6.07, 6.45) is -2.18. The molecule has 0 radical (unpaired) electrons. The van der Waals surface area contributed by atoms with Gasteiger partial charge in [0.1, 0.15) is 0 Å². The molecule has 11 heteroatoms. The largest absolute Gasteiger partial charge is 0.416 e. The van der Waals surface area contributed by atoms with Crippen LogP contribution in [-0.4, -0.2) is 71.2 Å². The number of hydrogen-bond donors (Lipinski definition) is 0. The van der Waals surface area contributed by atoms with Crippen molar-refractivity contribution in [2.75, 3.05) is 45.9 Å². The van der Waals surface area contributed by atoms with Crippen LogP contribution in [0.4, 0.5) is 13.2 Å². The standard InChI is InChI=1S/C30H28ClF3N4O3/c31-21-2-5-26-24(15-21)29-20(17-35-26)1-6-27(39)38(29)22-3-4-23(25(16-22)30(32,33)34)19-7-9-37(10-8-19)28(40)18-36-11-13-41-14-12-36/h1-6,15-17,19H,7-14,18H2. The van der Waals surface area contributed by atoms with Crippen LogP contribution in [0.1, 0.15) is 29.9 Å². The molecule has 1 amide bonds. The fourth-order valence-corrected chi connectivity index (χ4v) is 6.09. The van der Waals surface area contributed by atoms with E-state index in [-0.39, 0.29) is 23.1 Å². The summed E-state index contributed by atoms with van der Waals surface area (Å²) in [7, 11) is 0. The Kier molecular flexibility index (Phi) is 7.48. The van der Waals surface area contributed by atoms with Gasteiger partial charge in [0.25, 0.3) is 5.56 Å². The first kappa shape index (κ1) is 27.7. The van der Waals surface area contributed by atoms with Crippen molar-refractivity contribution in [2.24, 2.45) is 0 Å². The van der Waals surface area contributed by atoms with Crippen LogP contribution in [0.5, 0.6) is 0 Å². The zero-order chi connectivity index (χ0) is 28.7. The zero-order valence-corrected chi connectivity index (χ0v) is 22.9. The number of aromatic nitrogens is 2. The van der Waals surface area contributed by atoms with Gasteiger partial charge in [0, 0.05) is 59.9 Å². The molecule has 2 aliphatic heterocycles. The van der Waals surface area contributed by atoms with Crippen LogP contribution >= 0.6 is 11.6 Å². The van der Waals surface area contributed by atoms with Crippen molar-refractivity contribution in [1.29, 1.82) is 0 Å². The Bertz CT molecular complexity index is 1680. The summed E-state index contributed by atoms with van der Waals surface area (Å²) >= 11 is 6.23.